The Kier molecular flexibility index (Phi) is 10.4. The van der Waals surface area contributed by atoms with Crippen LogP contribution in [0.25, 0.3) is 16.9 Å². The van der Waals surface area contributed by atoms with Crippen LogP contribution in [-0.4, -0.2) is 58.1 Å². The first kappa shape index (κ1) is 34.6. The van der Waals surface area contributed by atoms with Crippen LogP contribution < -0.4 is 4.90 Å². The van der Waals surface area contributed by atoms with E-state index < -0.39 is 28.6 Å². The minimum Gasteiger partial charge on any atom is -0.387 e. The Morgan fingerprint density at radius 3 is 2.19 bits per heavy atom. The molecule has 1 N–H and O–H groups in total. The third-order valence-corrected chi connectivity index (χ3v) is 9.25. The van der Waals surface area contributed by atoms with E-state index in [0.717, 1.165) is 24.3 Å². The van der Waals surface area contributed by atoms with Crippen molar-refractivity contribution in [2.75, 3.05) is 18.0 Å². The average Bonchev–Trinajstić information content (AvgIpc) is 3.69. The van der Waals surface area contributed by atoms with E-state index in [0.29, 0.717) is 49.9 Å². The van der Waals surface area contributed by atoms with E-state index in [1.165, 1.54) is 22.7 Å². The fourth-order valence-corrected chi connectivity index (χ4v) is 5.97. The van der Waals surface area contributed by atoms with Crippen LogP contribution in [-0.2, 0) is 13.0 Å². The van der Waals surface area contributed by atoms with Crippen LogP contribution >= 0.6 is 23.2 Å². The van der Waals surface area contributed by atoms with Crippen molar-refractivity contribution >= 4 is 34.8 Å². The van der Waals surface area contributed by atoms with Crippen LogP contribution in [0.2, 0.25) is 10.2 Å². The average molecular weight is 690 g/mol. The van der Waals surface area contributed by atoms with Crippen LogP contribution in [0.1, 0.15) is 52.5 Å². The largest absolute Gasteiger partial charge is 0.387 e. The zero-order chi connectivity index (χ0) is 33.9. The molecule has 9 nitrogen and oxygen atoms in total. The van der Waals surface area contributed by atoms with Gasteiger partial charge in [-0.05, 0) is 54.7 Å². The van der Waals surface area contributed by atoms with Gasteiger partial charge >= 0.3 is 0 Å². The van der Waals surface area contributed by atoms with E-state index in [9.17, 15) is 18.3 Å². The summed E-state index contributed by atoms with van der Waals surface area (Å²) in [6, 6.07) is 9.02. The van der Waals surface area contributed by atoms with Gasteiger partial charge in [-0.1, -0.05) is 63.0 Å². The molecule has 0 bridgehead atoms. The van der Waals surface area contributed by atoms with E-state index >= 15 is 0 Å². The number of halogens is 5. The second kappa shape index (κ2) is 14.2. The lowest BCUT2D eigenvalue weighted by molar-refractivity contribution is -0.0796. The fourth-order valence-electron chi connectivity index (χ4n) is 5.59. The van der Waals surface area contributed by atoms with Crippen molar-refractivity contribution in [1.82, 2.24) is 34.3 Å². The van der Waals surface area contributed by atoms with Crippen LogP contribution in [0.3, 0.4) is 0 Å². The Bertz CT molecular complexity index is 1780. The van der Waals surface area contributed by atoms with Crippen molar-refractivity contribution in [2.24, 2.45) is 11.3 Å². The van der Waals surface area contributed by atoms with Gasteiger partial charge < -0.3 is 10.0 Å². The summed E-state index contributed by atoms with van der Waals surface area (Å²) < 4.78 is 45.4. The number of anilines is 1. The molecule has 1 fully saturated rings. The molecule has 1 unspecified atom stereocenters. The first-order valence-corrected chi connectivity index (χ1v) is 16.1. The van der Waals surface area contributed by atoms with E-state index in [1.54, 1.807) is 11.0 Å². The molecule has 1 saturated heterocycles. The molecule has 0 amide bonds. The Hall–Kier alpha value is -3.74. The summed E-state index contributed by atoms with van der Waals surface area (Å²) in [4.78, 5) is 14.0. The molecule has 4 heterocycles. The van der Waals surface area contributed by atoms with Gasteiger partial charge in [0.05, 0.1) is 23.3 Å². The number of aromatic nitrogens is 7. The van der Waals surface area contributed by atoms with Crippen molar-refractivity contribution in [3.05, 3.63) is 88.6 Å². The quantitative estimate of drug-likeness (QED) is 0.178. The second-order valence-corrected chi connectivity index (χ2v) is 13.8. The van der Waals surface area contributed by atoms with Gasteiger partial charge in [-0.2, -0.15) is 24.7 Å². The van der Waals surface area contributed by atoms with Crippen molar-refractivity contribution < 1.29 is 18.3 Å². The first-order valence-electron chi connectivity index (χ1n) is 15.3. The van der Waals surface area contributed by atoms with Gasteiger partial charge in [-0.25, -0.2) is 18.2 Å². The van der Waals surface area contributed by atoms with Gasteiger partial charge in [0.15, 0.2) is 0 Å². The summed E-state index contributed by atoms with van der Waals surface area (Å²) in [5, 5.41) is 20.0. The highest BCUT2D eigenvalue weighted by Crippen LogP contribution is 2.40. The van der Waals surface area contributed by atoms with Crippen LogP contribution in [0.15, 0.2) is 55.4 Å². The van der Waals surface area contributed by atoms with Crippen LogP contribution in [0.5, 0.6) is 0 Å². The number of fused-ring (bicyclic) bond motifs is 1. The van der Waals surface area contributed by atoms with Crippen LogP contribution in [0.4, 0.5) is 19.0 Å². The zero-order valence-corrected chi connectivity index (χ0v) is 28.1. The smallest absolute Gasteiger partial charge is 0.255 e. The Morgan fingerprint density at radius 1 is 0.936 bits per heavy atom. The maximum Gasteiger partial charge on any atom is 0.255 e. The van der Waals surface area contributed by atoms with Gasteiger partial charge in [0.25, 0.3) is 5.78 Å². The number of aliphatic hydroxyl groups is 1. The predicted molar refractivity (Wildman–Crippen MR) is 176 cm³/mol. The third kappa shape index (κ3) is 7.88. The van der Waals surface area contributed by atoms with Crippen molar-refractivity contribution in [2.45, 2.75) is 65.5 Å². The van der Waals surface area contributed by atoms with Gasteiger partial charge in [0.2, 0.25) is 0 Å². The summed E-state index contributed by atoms with van der Waals surface area (Å²) >= 11 is 12.2. The standard InChI is InChI=1S/C17H15ClF3N5.C16H22ClN3O/c1-9-2-4-25(5-3-9)16-14(13-11(20)6-10(19)7-12(13)21)15(18)24-17-22-8-23-26(16)17;1-15(2,3)16(21,10-20-12-18-11-19-20)9-8-13-4-6-14(17)7-5-13/h6-9H,2-5H2,1H3;4-7,11-12,21H,8-10H2,1-3H3. The SMILES string of the molecule is CC(C)(C)C(O)(CCc1ccc(Cl)cc1)Cn1cncn1.CC1CCN(c2c(-c3c(F)cc(F)cc3F)c(Cl)nc3ncnn23)CC1. The maximum absolute atomic E-state index is 14.5. The van der Waals surface area contributed by atoms with Crippen molar-refractivity contribution in [3.8, 4) is 11.1 Å². The topological polar surface area (TPSA) is 97.3 Å². The molecule has 0 spiro atoms. The molecule has 0 radical (unpaired) electrons. The number of aryl methyl sites for hydroxylation is 1. The summed E-state index contributed by atoms with van der Waals surface area (Å²) in [6.45, 7) is 10.1. The molecule has 1 aliphatic rings. The first-order chi connectivity index (χ1) is 22.3. The van der Waals surface area contributed by atoms with E-state index in [-0.39, 0.29) is 21.9 Å². The van der Waals surface area contributed by atoms with Crippen molar-refractivity contribution in [3.63, 3.8) is 0 Å². The summed E-state index contributed by atoms with van der Waals surface area (Å²) in [6.07, 6.45) is 7.71. The fraction of sp³-hybridized carbons (Fsp3) is 0.424. The predicted octanol–water partition coefficient (Wildman–Crippen LogP) is 7.44. The molecule has 5 aromatic rings. The number of piperidine rings is 1. The van der Waals surface area contributed by atoms with Gasteiger partial charge in [0.1, 0.15) is 47.4 Å². The highest BCUT2D eigenvalue weighted by Gasteiger charge is 2.40. The Labute approximate surface area is 281 Å². The third-order valence-electron chi connectivity index (χ3n) is 8.73. The molecule has 250 valence electrons. The number of benzene rings is 2. The van der Waals surface area contributed by atoms with Gasteiger partial charge in [-0.15, -0.1) is 0 Å². The minimum atomic E-state index is -1.04. The molecule has 0 aliphatic carbocycles. The lowest BCUT2D eigenvalue weighted by Crippen LogP contribution is -2.47. The Balaban J connectivity index is 0.000000189. The second-order valence-electron chi connectivity index (χ2n) is 13.0. The molecular formula is C33H37Cl2F3N8O. The molecular weight excluding hydrogens is 652 g/mol. The van der Waals surface area contributed by atoms with Gasteiger partial charge in [-0.3, -0.25) is 4.68 Å². The number of nitrogens with zero attached hydrogens (tertiary/aromatic N) is 8. The summed E-state index contributed by atoms with van der Waals surface area (Å²) in [5.41, 5.74) is -0.323. The monoisotopic (exact) mass is 688 g/mol. The lowest BCUT2D eigenvalue weighted by Gasteiger charge is -2.40. The highest BCUT2D eigenvalue weighted by molar-refractivity contribution is 6.33. The number of hydrogen-bond acceptors (Lipinski definition) is 7. The van der Waals surface area contributed by atoms with Gasteiger partial charge in [0, 0.05) is 30.2 Å². The van der Waals surface area contributed by atoms with E-state index in [1.807, 2.05) is 49.9 Å². The maximum atomic E-state index is 14.5. The summed E-state index contributed by atoms with van der Waals surface area (Å²) in [7, 11) is 0. The number of rotatable bonds is 7. The molecule has 1 atom stereocenters. The normalized spacial score (nSPS) is 15.4. The van der Waals surface area contributed by atoms with E-state index in [4.69, 9.17) is 23.2 Å². The molecule has 14 heteroatoms. The lowest BCUT2D eigenvalue weighted by atomic mass is 9.73. The number of hydrogen-bond donors (Lipinski definition) is 1. The zero-order valence-electron chi connectivity index (χ0n) is 26.6. The molecule has 0 saturated carbocycles. The summed E-state index contributed by atoms with van der Waals surface area (Å²) in [5.74, 6) is -1.89. The van der Waals surface area contributed by atoms with Crippen molar-refractivity contribution in [1.29, 1.82) is 0 Å². The molecule has 2 aromatic carbocycles. The Morgan fingerprint density at radius 2 is 1.60 bits per heavy atom. The highest BCUT2D eigenvalue weighted by atomic mass is 35.5. The molecule has 47 heavy (non-hydrogen) atoms. The molecule has 3 aromatic heterocycles. The van der Waals surface area contributed by atoms with E-state index in [2.05, 4.69) is 32.1 Å². The minimum absolute atomic E-state index is 0.0502. The van der Waals surface area contributed by atoms with Crippen LogP contribution in [0, 0.1) is 28.8 Å². The molecule has 1 aliphatic heterocycles. The molecule has 6 rings (SSSR count).